The molecule has 118 valence electrons. The molecule has 0 aromatic carbocycles. The van der Waals surface area contributed by atoms with Crippen LogP contribution in [0.4, 0.5) is 0 Å². The van der Waals surface area contributed by atoms with Gasteiger partial charge < -0.3 is 19.6 Å². The molecule has 2 aliphatic heterocycles. The predicted molar refractivity (Wildman–Crippen MR) is 74.5 cm³/mol. The second kappa shape index (κ2) is 5.78. The molecule has 0 spiro atoms. The van der Waals surface area contributed by atoms with Gasteiger partial charge in [-0.2, -0.15) is 0 Å². The molecule has 1 unspecified atom stereocenters. The molecule has 1 aromatic heterocycles. The van der Waals surface area contributed by atoms with E-state index in [4.69, 9.17) is 4.52 Å². The van der Waals surface area contributed by atoms with Crippen LogP contribution in [0.1, 0.15) is 12.1 Å². The Morgan fingerprint density at radius 2 is 2.18 bits per heavy atom. The molecule has 2 saturated heterocycles. The van der Waals surface area contributed by atoms with E-state index in [1.165, 1.54) is 6.26 Å². The molecule has 2 fully saturated rings. The lowest BCUT2D eigenvalue weighted by molar-refractivity contribution is -0.143. The molecule has 1 atom stereocenters. The molecule has 1 N–H and O–H groups in total. The van der Waals surface area contributed by atoms with Crippen LogP contribution in [0.15, 0.2) is 16.9 Å². The van der Waals surface area contributed by atoms with E-state index in [1.807, 2.05) is 0 Å². The van der Waals surface area contributed by atoms with Gasteiger partial charge in [0.15, 0.2) is 0 Å². The van der Waals surface area contributed by atoms with Crippen LogP contribution >= 0.6 is 0 Å². The zero-order valence-electron chi connectivity index (χ0n) is 12.3. The third-order valence-electron chi connectivity index (χ3n) is 4.25. The summed E-state index contributed by atoms with van der Waals surface area (Å²) in [6, 6.07) is 1.68. The second-order valence-corrected chi connectivity index (χ2v) is 5.68. The molecule has 0 radical (unpaired) electrons. The minimum Gasteiger partial charge on any atom is -0.364 e. The lowest BCUT2D eigenvalue weighted by atomic mass is 10.1. The highest BCUT2D eigenvalue weighted by atomic mass is 16.5. The Bertz CT molecular complexity index is 580. The number of nitrogens with one attached hydrogen (secondary N) is 1. The number of carbonyl (C=O) groups excluding carboxylic acids is 3. The predicted octanol–water partition coefficient (Wildman–Crippen LogP) is -0.978. The van der Waals surface area contributed by atoms with Gasteiger partial charge in [0.2, 0.25) is 17.7 Å². The minimum atomic E-state index is -0.280. The smallest absolute Gasteiger partial charge is 0.228 e. The van der Waals surface area contributed by atoms with Crippen molar-refractivity contribution in [3.05, 3.63) is 18.0 Å². The van der Waals surface area contributed by atoms with E-state index in [0.29, 0.717) is 25.3 Å². The topological polar surface area (TPSA) is 95.8 Å². The third-order valence-corrected chi connectivity index (χ3v) is 4.25. The van der Waals surface area contributed by atoms with Gasteiger partial charge in [-0.1, -0.05) is 5.16 Å². The highest BCUT2D eigenvalue weighted by molar-refractivity contribution is 5.89. The van der Waals surface area contributed by atoms with E-state index in [9.17, 15) is 14.4 Å². The van der Waals surface area contributed by atoms with Crippen molar-refractivity contribution in [1.82, 2.24) is 20.3 Å². The highest BCUT2D eigenvalue weighted by Gasteiger charge is 2.43. The minimum absolute atomic E-state index is 0.0119. The van der Waals surface area contributed by atoms with Gasteiger partial charge in [-0.25, -0.2) is 0 Å². The van der Waals surface area contributed by atoms with Gasteiger partial charge in [0.05, 0.1) is 24.1 Å². The molecule has 0 bridgehead atoms. The zero-order chi connectivity index (χ0) is 15.7. The molecular weight excluding hydrogens is 288 g/mol. The molecule has 3 rings (SSSR count). The molecule has 1 aromatic rings. The maximum absolute atomic E-state index is 12.0. The number of rotatable bonds is 4. The second-order valence-electron chi connectivity index (χ2n) is 5.68. The largest absolute Gasteiger partial charge is 0.364 e. The zero-order valence-corrected chi connectivity index (χ0v) is 12.3. The first kappa shape index (κ1) is 14.6. The van der Waals surface area contributed by atoms with E-state index < -0.39 is 0 Å². The summed E-state index contributed by atoms with van der Waals surface area (Å²) in [5, 5.41) is 6.29. The van der Waals surface area contributed by atoms with Crippen LogP contribution in [0.3, 0.4) is 0 Å². The Kier molecular flexibility index (Phi) is 3.82. The van der Waals surface area contributed by atoms with Crippen molar-refractivity contribution >= 4 is 17.7 Å². The summed E-state index contributed by atoms with van der Waals surface area (Å²) in [6.07, 6.45) is 1.89. The van der Waals surface area contributed by atoms with Crippen LogP contribution in [0, 0.1) is 5.92 Å². The monoisotopic (exact) mass is 306 g/mol. The van der Waals surface area contributed by atoms with Crippen molar-refractivity contribution in [2.24, 2.45) is 5.92 Å². The summed E-state index contributed by atoms with van der Waals surface area (Å²) in [5.41, 5.74) is 0.602. The normalized spacial score (nSPS) is 21.9. The lowest BCUT2D eigenvalue weighted by Crippen LogP contribution is -2.61. The van der Waals surface area contributed by atoms with Crippen molar-refractivity contribution in [3.8, 4) is 0 Å². The maximum atomic E-state index is 12.0. The van der Waals surface area contributed by atoms with Gasteiger partial charge in [0.1, 0.15) is 6.26 Å². The first-order chi connectivity index (χ1) is 10.6. The molecule has 8 nitrogen and oxygen atoms in total. The third kappa shape index (κ3) is 2.68. The first-order valence-electron chi connectivity index (χ1n) is 7.26. The van der Waals surface area contributed by atoms with Gasteiger partial charge in [-0.15, -0.1) is 0 Å². The SMILES string of the molecule is CNC(=O)C1CC(=O)N(C2CN(C(=O)Cc3ccon3)C2)C1. The van der Waals surface area contributed by atoms with E-state index in [0.717, 1.165) is 0 Å². The Balaban J connectivity index is 1.50. The Hall–Kier alpha value is -2.38. The number of amides is 3. The number of aromatic nitrogens is 1. The van der Waals surface area contributed by atoms with Crippen molar-refractivity contribution in [2.75, 3.05) is 26.7 Å². The Labute approximate surface area is 127 Å². The van der Waals surface area contributed by atoms with E-state index in [1.54, 1.807) is 22.9 Å². The Morgan fingerprint density at radius 1 is 1.41 bits per heavy atom. The summed E-state index contributed by atoms with van der Waals surface area (Å²) >= 11 is 0. The fourth-order valence-electron chi connectivity index (χ4n) is 2.92. The highest BCUT2D eigenvalue weighted by Crippen LogP contribution is 2.25. The lowest BCUT2D eigenvalue weighted by Gasteiger charge is -2.44. The van der Waals surface area contributed by atoms with Crippen molar-refractivity contribution in [3.63, 3.8) is 0 Å². The fourth-order valence-corrected chi connectivity index (χ4v) is 2.92. The summed E-state index contributed by atoms with van der Waals surface area (Å²) in [4.78, 5) is 39.1. The number of carbonyl (C=O) groups is 3. The molecule has 3 amide bonds. The standard InChI is InChI=1S/C14H18N4O4/c1-15-14(21)9-4-13(20)18(6-9)11-7-17(8-11)12(19)5-10-2-3-22-16-10/h2-3,9,11H,4-8H2,1H3,(H,15,21). The summed E-state index contributed by atoms with van der Waals surface area (Å²) < 4.78 is 4.70. The van der Waals surface area contributed by atoms with E-state index in [-0.39, 0.29) is 42.5 Å². The van der Waals surface area contributed by atoms with Gasteiger partial charge >= 0.3 is 0 Å². The van der Waals surface area contributed by atoms with Gasteiger partial charge in [-0.3, -0.25) is 14.4 Å². The van der Waals surface area contributed by atoms with Crippen LogP contribution in [0.25, 0.3) is 0 Å². The van der Waals surface area contributed by atoms with Crippen LogP contribution in [-0.2, 0) is 20.8 Å². The molecule has 0 aliphatic carbocycles. The molecule has 0 saturated carbocycles. The average molecular weight is 306 g/mol. The number of nitrogens with zero attached hydrogens (tertiary/aromatic N) is 3. The van der Waals surface area contributed by atoms with Crippen LogP contribution in [-0.4, -0.2) is 65.4 Å². The number of likely N-dealkylation sites (tertiary alicyclic amines) is 2. The molecule has 2 aliphatic rings. The molecule has 22 heavy (non-hydrogen) atoms. The maximum Gasteiger partial charge on any atom is 0.228 e. The molecular formula is C14H18N4O4. The van der Waals surface area contributed by atoms with E-state index in [2.05, 4.69) is 10.5 Å². The average Bonchev–Trinajstić information content (AvgIpc) is 3.07. The molecule has 3 heterocycles. The Morgan fingerprint density at radius 3 is 2.82 bits per heavy atom. The van der Waals surface area contributed by atoms with Crippen molar-refractivity contribution < 1.29 is 18.9 Å². The quantitative estimate of drug-likeness (QED) is 0.771. The summed E-state index contributed by atoms with van der Waals surface area (Å²) in [7, 11) is 1.57. The first-order valence-corrected chi connectivity index (χ1v) is 7.26. The van der Waals surface area contributed by atoms with Gasteiger partial charge in [0, 0.05) is 39.2 Å². The van der Waals surface area contributed by atoms with Crippen LogP contribution in [0.2, 0.25) is 0 Å². The van der Waals surface area contributed by atoms with Crippen LogP contribution in [0.5, 0.6) is 0 Å². The van der Waals surface area contributed by atoms with Crippen molar-refractivity contribution in [2.45, 2.75) is 18.9 Å². The van der Waals surface area contributed by atoms with Crippen LogP contribution < -0.4 is 5.32 Å². The fraction of sp³-hybridized carbons (Fsp3) is 0.571. The summed E-state index contributed by atoms with van der Waals surface area (Å²) in [5.74, 6) is -0.423. The van der Waals surface area contributed by atoms with Crippen molar-refractivity contribution in [1.29, 1.82) is 0 Å². The van der Waals surface area contributed by atoms with Gasteiger partial charge in [0.25, 0.3) is 0 Å². The summed E-state index contributed by atoms with van der Waals surface area (Å²) in [6.45, 7) is 1.47. The number of hydrogen-bond acceptors (Lipinski definition) is 5. The van der Waals surface area contributed by atoms with Gasteiger partial charge in [-0.05, 0) is 0 Å². The van der Waals surface area contributed by atoms with E-state index >= 15 is 0 Å². The number of hydrogen-bond donors (Lipinski definition) is 1. The molecule has 8 heteroatoms.